The molecule has 0 fully saturated rings. The van der Waals surface area contributed by atoms with Crippen LogP contribution in [0.5, 0.6) is 0 Å². The second-order valence-electron chi connectivity index (χ2n) is 2.41. The summed E-state index contributed by atoms with van der Waals surface area (Å²) in [7, 11) is 0. The summed E-state index contributed by atoms with van der Waals surface area (Å²) in [5, 5.41) is 8.67. The van der Waals surface area contributed by atoms with E-state index in [2.05, 4.69) is 25.9 Å². The van der Waals surface area contributed by atoms with E-state index in [9.17, 15) is 4.79 Å². The van der Waals surface area contributed by atoms with Gasteiger partial charge in [-0.05, 0) is 15.9 Å². The van der Waals surface area contributed by atoms with Crippen LogP contribution in [0.25, 0.3) is 5.65 Å². The highest BCUT2D eigenvalue weighted by Gasteiger charge is 2.06. The molecule has 0 aliphatic heterocycles. The summed E-state index contributed by atoms with van der Waals surface area (Å²) in [5.74, 6) is -1.00. The number of aromatic nitrogens is 3. The zero-order valence-corrected chi connectivity index (χ0v) is 7.89. The van der Waals surface area contributed by atoms with Gasteiger partial charge in [-0.25, -0.2) is 14.8 Å². The number of hydrogen-bond acceptors (Lipinski definition) is 3. The highest BCUT2D eigenvalue weighted by Crippen LogP contribution is 2.13. The van der Waals surface area contributed by atoms with Crippen LogP contribution in [-0.4, -0.2) is 25.4 Å². The summed E-state index contributed by atoms with van der Waals surface area (Å²) < 4.78 is 2.15. The standard InChI is InChI=1S/C7H4BrN3O2/c8-5-6-9-1-4(7(12)13)2-11(6)3-10-5/h1-3H,(H,12,13). The zero-order valence-electron chi connectivity index (χ0n) is 6.31. The minimum atomic E-state index is -1.00. The van der Waals surface area contributed by atoms with Crippen molar-refractivity contribution >= 4 is 27.5 Å². The summed E-state index contributed by atoms with van der Waals surface area (Å²) >= 11 is 3.19. The number of carboxylic acids is 1. The number of aromatic carboxylic acids is 1. The van der Waals surface area contributed by atoms with Crippen LogP contribution >= 0.6 is 15.9 Å². The second-order valence-corrected chi connectivity index (χ2v) is 3.17. The molecule has 0 unspecified atom stereocenters. The molecule has 0 radical (unpaired) electrons. The van der Waals surface area contributed by atoms with Gasteiger partial charge in [-0.3, -0.25) is 4.40 Å². The predicted molar refractivity (Wildman–Crippen MR) is 47.6 cm³/mol. The largest absolute Gasteiger partial charge is 0.478 e. The Hall–Kier alpha value is -1.43. The van der Waals surface area contributed by atoms with Crippen molar-refractivity contribution in [3.63, 3.8) is 0 Å². The molecule has 0 atom stereocenters. The maximum Gasteiger partial charge on any atom is 0.338 e. The van der Waals surface area contributed by atoms with E-state index in [0.29, 0.717) is 10.3 Å². The third-order valence-electron chi connectivity index (χ3n) is 1.58. The number of rotatable bonds is 1. The van der Waals surface area contributed by atoms with Gasteiger partial charge in [-0.15, -0.1) is 0 Å². The third kappa shape index (κ3) is 1.29. The Morgan fingerprint density at radius 2 is 2.31 bits per heavy atom. The van der Waals surface area contributed by atoms with Crippen LogP contribution in [0, 0.1) is 0 Å². The van der Waals surface area contributed by atoms with Gasteiger partial charge < -0.3 is 5.11 Å². The molecule has 6 heteroatoms. The number of imidazole rings is 1. The molecule has 13 heavy (non-hydrogen) atoms. The van der Waals surface area contributed by atoms with E-state index in [-0.39, 0.29) is 5.56 Å². The van der Waals surface area contributed by atoms with Gasteiger partial charge in [0.25, 0.3) is 0 Å². The van der Waals surface area contributed by atoms with Crippen LogP contribution in [0.4, 0.5) is 0 Å². The molecule has 2 rings (SSSR count). The van der Waals surface area contributed by atoms with Crippen LogP contribution in [0.2, 0.25) is 0 Å². The fraction of sp³-hybridized carbons (Fsp3) is 0. The normalized spacial score (nSPS) is 10.5. The molecule has 0 amide bonds. The summed E-state index contributed by atoms with van der Waals surface area (Å²) in [5.41, 5.74) is 0.738. The van der Waals surface area contributed by atoms with Gasteiger partial charge in [-0.1, -0.05) is 0 Å². The topological polar surface area (TPSA) is 67.5 Å². The minimum Gasteiger partial charge on any atom is -0.478 e. The molecular weight excluding hydrogens is 238 g/mol. The molecule has 2 heterocycles. The Morgan fingerprint density at radius 1 is 1.54 bits per heavy atom. The minimum absolute atomic E-state index is 0.136. The van der Waals surface area contributed by atoms with Crippen molar-refractivity contribution < 1.29 is 9.90 Å². The fourth-order valence-electron chi connectivity index (χ4n) is 0.971. The van der Waals surface area contributed by atoms with Gasteiger partial charge in [0.15, 0.2) is 10.3 Å². The van der Waals surface area contributed by atoms with Crippen molar-refractivity contribution in [3.05, 3.63) is 28.9 Å². The van der Waals surface area contributed by atoms with E-state index in [0.717, 1.165) is 0 Å². The Morgan fingerprint density at radius 3 is 3.00 bits per heavy atom. The van der Waals surface area contributed by atoms with E-state index in [4.69, 9.17) is 5.11 Å². The maximum atomic E-state index is 10.6. The monoisotopic (exact) mass is 241 g/mol. The number of hydrogen-bond donors (Lipinski definition) is 1. The molecular formula is C7H4BrN3O2. The Kier molecular flexibility index (Phi) is 1.77. The van der Waals surface area contributed by atoms with Crippen LogP contribution in [0.1, 0.15) is 10.4 Å². The van der Waals surface area contributed by atoms with E-state index in [1.54, 1.807) is 4.40 Å². The number of halogens is 1. The fourth-order valence-corrected chi connectivity index (χ4v) is 1.37. The van der Waals surface area contributed by atoms with Crippen LogP contribution in [0.3, 0.4) is 0 Å². The van der Waals surface area contributed by atoms with Crippen molar-refractivity contribution in [2.75, 3.05) is 0 Å². The first-order valence-corrected chi connectivity index (χ1v) is 4.19. The van der Waals surface area contributed by atoms with E-state index >= 15 is 0 Å². The van der Waals surface area contributed by atoms with Crippen molar-refractivity contribution in [1.82, 2.24) is 14.4 Å². The molecule has 0 bridgehead atoms. The Labute approximate surface area is 81.2 Å². The second kappa shape index (κ2) is 2.81. The molecule has 0 saturated carbocycles. The van der Waals surface area contributed by atoms with Gasteiger partial charge in [0, 0.05) is 12.4 Å². The van der Waals surface area contributed by atoms with Crippen molar-refractivity contribution in [1.29, 1.82) is 0 Å². The number of carboxylic acid groups (broad SMARTS) is 1. The van der Waals surface area contributed by atoms with E-state index in [1.807, 2.05) is 0 Å². The first-order chi connectivity index (χ1) is 6.18. The van der Waals surface area contributed by atoms with Crippen molar-refractivity contribution in [3.8, 4) is 0 Å². The summed E-state index contributed by atoms with van der Waals surface area (Å²) in [4.78, 5) is 18.4. The molecule has 0 aliphatic carbocycles. The lowest BCUT2D eigenvalue weighted by Gasteiger charge is -1.95. The maximum absolute atomic E-state index is 10.6. The first kappa shape index (κ1) is 8.18. The quantitative estimate of drug-likeness (QED) is 0.815. The van der Waals surface area contributed by atoms with Crippen LogP contribution in [0.15, 0.2) is 23.3 Å². The molecule has 1 N–H and O–H groups in total. The van der Waals surface area contributed by atoms with Crippen LogP contribution < -0.4 is 0 Å². The lowest BCUT2D eigenvalue weighted by molar-refractivity contribution is 0.0696. The summed E-state index contributed by atoms with van der Waals surface area (Å²) in [6.07, 6.45) is 4.26. The Bertz CT molecular complexity index is 480. The molecule has 66 valence electrons. The van der Waals surface area contributed by atoms with Gasteiger partial charge in [0.05, 0.1) is 5.56 Å². The highest BCUT2D eigenvalue weighted by molar-refractivity contribution is 9.10. The van der Waals surface area contributed by atoms with Gasteiger partial charge in [0.2, 0.25) is 0 Å². The molecule has 0 spiro atoms. The number of nitrogens with zero attached hydrogens (tertiary/aromatic N) is 3. The van der Waals surface area contributed by atoms with Crippen molar-refractivity contribution in [2.45, 2.75) is 0 Å². The first-order valence-electron chi connectivity index (χ1n) is 3.40. The summed E-state index contributed by atoms with van der Waals surface area (Å²) in [6, 6.07) is 0. The molecule has 0 saturated heterocycles. The molecule has 2 aromatic rings. The third-order valence-corrected chi connectivity index (χ3v) is 2.13. The van der Waals surface area contributed by atoms with Gasteiger partial charge in [-0.2, -0.15) is 0 Å². The average Bonchev–Trinajstić information content (AvgIpc) is 2.47. The average molecular weight is 242 g/mol. The number of carbonyl (C=O) groups is 1. The highest BCUT2D eigenvalue weighted by atomic mass is 79.9. The molecule has 2 aromatic heterocycles. The molecule has 5 nitrogen and oxygen atoms in total. The summed E-state index contributed by atoms with van der Waals surface area (Å²) in [6.45, 7) is 0. The zero-order chi connectivity index (χ0) is 9.42. The van der Waals surface area contributed by atoms with Crippen molar-refractivity contribution in [2.24, 2.45) is 0 Å². The SMILES string of the molecule is O=C(O)c1cnc2c(Br)ncn2c1. The Balaban J connectivity index is 2.70. The van der Waals surface area contributed by atoms with Gasteiger partial charge >= 0.3 is 5.97 Å². The van der Waals surface area contributed by atoms with E-state index < -0.39 is 5.97 Å². The smallest absolute Gasteiger partial charge is 0.338 e. The molecule has 0 aliphatic rings. The lowest BCUT2D eigenvalue weighted by Crippen LogP contribution is -1.99. The number of fused-ring (bicyclic) bond motifs is 1. The van der Waals surface area contributed by atoms with Crippen LogP contribution in [-0.2, 0) is 0 Å². The van der Waals surface area contributed by atoms with Gasteiger partial charge in [0.1, 0.15) is 6.33 Å². The molecule has 0 aromatic carbocycles. The predicted octanol–water partition coefficient (Wildman–Crippen LogP) is 1.19. The van der Waals surface area contributed by atoms with E-state index in [1.165, 1.54) is 18.7 Å². The lowest BCUT2D eigenvalue weighted by atomic mass is 10.3.